The second-order valence-corrected chi connectivity index (χ2v) is 12.2. The van der Waals surface area contributed by atoms with Crippen molar-refractivity contribution >= 4 is 56.5 Å². The Kier molecular flexibility index (Phi) is 12.6. The van der Waals surface area contributed by atoms with Crippen molar-refractivity contribution in [2.45, 2.75) is 25.6 Å². The number of carboxylic acids is 1. The normalized spacial score (nSPS) is 11.2. The highest BCUT2D eigenvalue weighted by molar-refractivity contribution is 7.88. The van der Waals surface area contributed by atoms with Crippen molar-refractivity contribution in [3.8, 4) is 0 Å². The topological polar surface area (TPSA) is 216 Å². The maximum Gasteiger partial charge on any atom is 0.323 e. The molecule has 0 aromatic heterocycles. The first-order valence-electron chi connectivity index (χ1n) is 14.3. The van der Waals surface area contributed by atoms with Gasteiger partial charge in [-0.2, -0.15) is 0 Å². The number of nitrogens with one attached hydrogen (secondary N) is 6. The number of hydrogen-bond acceptors (Lipinski definition) is 7. The van der Waals surface area contributed by atoms with E-state index in [1.54, 1.807) is 66.7 Å². The lowest BCUT2D eigenvalue weighted by Gasteiger charge is -2.19. The van der Waals surface area contributed by atoms with Crippen LogP contribution in [0.4, 0.5) is 27.5 Å². The van der Waals surface area contributed by atoms with Gasteiger partial charge in [0.1, 0.15) is 5.84 Å². The average Bonchev–Trinajstić information content (AvgIpc) is 3.03. The number of amidine groups is 1. The smallest absolute Gasteiger partial charge is 0.323 e. The molecule has 0 radical (unpaired) electrons. The molecule has 0 aliphatic rings. The molecule has 3 amide bonds. The molecule has 0 spiro atoms. The molecule has 0 aliphatic carbocycles. The summed E-state index contributed by atoms with van der Waals surface area (Å²) in [6.45, 7) is 3.05. The number of carbonyl (C=O) groups is 3. The minimum atomic E-state index is -3.38. The Morgan fingerprint density at radius 3 is 1.85 bits per heavy atom. The maximum absolute atomic E-state index is 12.8. The first kappa shape index (κ1) is 35.7. The zero-order valence-electron chi connectivity index (χ0n) is 26.0. The highest BCUT2D eigenvalue weighted by Gasteiger charge is 2.13. The van der Waals surface area contributed by atoms with Gasteiger partial charge in [0, 0.05) is 35.5 Å². The number of nitrogen functional groups attached to an aromatic ring is 1. The summed E-state index contributed by atoms with van der Waals surface area (Å²) < 4.78 is 25.7. The van der Waals surface area contributed by atoms with Crippen LogP contribution in [0.1, 0.15) is 46.9 Å². The Morgan fingerprint density at radius 1 is 0.787 bits per heavy atom. The van der Waals surface area contributed by atoms with Gasteiger partial charge in [-0.25, -0.2) is 17.9 Å². The van der Waals surface area contributed by atoms with Crippen LogP contribution in [0.5, 0.6) is 0 Å². The standard InChI is InChI=1S/C31H33N7O4S.C2H4O2/c1-20(35-27-5-3-4-6-28(27)38-31(40)37-26-17-13-23(14-18-26)29(32)33)22-9-11-24(12-10-22)30(39)36-25-15-7-21(8-16-25)19-43(41,42)34-2;1-2(3)4/h3-18,20,34-35H,19H2,1-2H3,(H3,32,33)(H,36,39)(H2,37,38,40);1H3,(H,3,4). The third-order valence-electron chi connectivity index (χ3n) is 6.55. The van der Waals surface area contributed by atoms with Crippen LogP contribution in [0.2, 0.25) is 0 Å². The number of benzene rings is 4. The lowest BCUT2D eigenvalue weighted by Crippen LogP contribution is -2.21. The number of urea groups is 1. The highest BCUT2D eigenvalue weighted by atomic mass is 32.2. The van der Waals surface area contributed by atoms with Crippen molar-refractivity contribution < 1.29 is 27.9 Å². The van der Waals surface area contributed by atoms with Gasteiger partial charge in [-0.1, -0.05) is 36.4 Å². The predicted molar refractivity (Wildman–Crippen MR) is 184 cm³/mol. The van der Waals surface area contributed by atoms with E-state index in [2.05, 4.69) is 26.0 Å². The summed E-state index contributed by atoms with van der Waals surface area (Å²) in [6, 6.07) is 27.2. The Morgan fingerprint density at radius 2 is 1.30 bits per heavy atom. The summed E-state index contributed by atoms with van der Waals surface area (Å²) in [4.78, 5) is 34.4. The number of hydrogen-bond donors (Lipinski definition) is 8. The van der Waals surface area contributed by atoms with E-state index >= 15 is 0 Å². The minimum Gasteiger partial charge on any atom is -0.481 e. The molecule has 4 aromatic rings. The Labute approximate surface area is 273 Å². The number of carboxylic acid groups (broad SMARTS) is 1. The molecule has 9 N–H and O–H groups in total. The Balaban J connectivity index is 0.00000142. The summed E-state index contributed by atoms with van der Waals surface area (Å²) >= 11 is 0. The van der Waals surface area contributed by atoms with Gasteiger partial charge in [0.05, 0.1) is 17.1 Å². The summed E-state index contributed by atoms with van der Waals surface area (Å²) in [7, 11) is -2.01. The second kappa shape index (κ2) is 16.5. The molecule has 0 fully saturated rings. The van der Waals surface area contributed by atoms with Crippen LogP contribution in [0, 0.1) is 5.41 Å². The van der Waals surface area contributed by atoms with Crippen LogP contribution in [0.15, 0.2) is 97.1 Å². The molecule has 4 rings (SSSR count). The minimum absolute atomic E-state index is 0.0488. The molecule has 0 saturated heterocycles. The van der Waals surface area contributed by atoms with Gasteiger partial charge in [-0.15, -0.1) is 0 Å². The molecule has 13 nitrogen and oxygen atoms in total. The summed E-state index contributed by atoms with van der Waals surface area (Å²) in [5.41, 5.74) is 10.4. The van der Waals surface area contributed by atoms with Crippen molar-refractivity contribution in [2.24, 2.45) is 5.73 Å². The fourth-order valence-corrected chi connectivity index (χ4v) is 4.93. The van der Waals surface area contributed by atoms with Crippen molar-refractivity contribution in [3.63, 3.8) is 0 Å². The molecule has 1 unspecified atom stereocenters. The van der Waals surface area contributed by atoms with Crippen LogP contribution >= 0.6 is 0 Å². The molecule has 0 bridgehead atoms. The number of rotatable bonds is 11. The fraction of sp³-hybridized carbons (Fsp3) is 0.152. The first-order valence-corrected chi connectivity index (χ1v) is 15.9. The summed E-state index contributed by atoms with van der Waals surface area (Å²) in [5, 5.41) is 26.7. The summed E-state index contributed by atoms with van der Waals surface area (Å²) in [6.07, 6.45) is 0. The van der Waals surface area contributed by atoms with E-state index in [0.717, 1.165) is 12.5 Å². The van der Waals surface area contributed by atoms with E-state index in [-0.39, 0.29) is 23.5 Å². The average molecular weight is 660 g/mol. The molecule has 14 heteroatoms. The summed E-state index contributed by atoms with van der Waals surface area (Å²) in [5.74, 6) is -1.32. The Hall–Kier alpha value is -5.73. The van der Waals surface area contributed by atoms with Crippen molar-refractivity contribution in [3.05, 3.63) is 119 Å². The van der Waals surface area contributed by atoms with Crippen molar-refractivity contribution in [1.82, 2.24) is 4.72 Å². The molecule has 0 heterocycles. The molecule has 47 heavy (non-hydrogen) atoms. The van der Waals surface area contributed by atoms with Crippen LogP contribution in [0.25, 0.3) is 0 Å². The number of amides is 3. The van der Waals surface area contributed by atoms with Gasteiger partial charge in [-0.3, -0.25) is 15.0 Å². The van der Waals surface area contributed by atoms with Gasteiger partial charge in [0.2, 0.25) is 10.0 Å². The largest absolute Gasteiger partial charge is 0.481 e. The predicted octanol–water partition coefficient (Wildman–Crippen LogP) is 5.18. The second-order valence-electron chi connectivity index (χ2n) is 10.2. The SMILES string of the molecule is CC(=O)O.CNS(=O)(=O)Cc1ccc(NC(=O)c2ccc(C(C)Nc3ccccc3NC(=O)Nc3ccc(C(=N)N)cc3)cc2)cc1. The molecular weight excluding hydrogens is 622 g/mol. The first-order chi connectivity index (χ1) is 22.3. The lowest BCUT2D eigenvalue weighted by atomic mass is 10.0. The zero-order chi connectivity index (χ0) is 34.6. The van der Waals surface area contributed by atoms with E-state index in [1.807, 2.05) is 37.3 Å². The van der Waals surface area contributed by atoms with Gasteiger partial charge in [0.25, 0.3) is 11.9 Å². The Bertz CT molecular complexity index is 1810. The van der Waals surface area contributed by atoms with Gasteiger partial charge < -0.3 is 32.1 Å². The van der Waals surface area contributed by atoms with Crippen LogP contribution in [-0.4, -0.2) is 44.3 Å². The zero-order valence-corrected chi connectivity index (χ0v) is 26.8. The molecular formula is C33H37N7O6S. The van der Waals surface area contributed by atoms with Crippen LogP contribution in [-0.2, 0) is 20.6 Å². The van der Waals surface area contributed by atoms with E-state index in [1.165, 1.54) is 7.05 Å². The third-order valence-corrected chi connectivity index (χ3v) is 7.89. The quantitative estimate of drug-likeness (QED) is 0.0791. The van der Waals surface area contributed by atoms with Crippen LogP contribution in [0.3, 0.4) is 0 Å². The van der Waals surface area contributed by atoms with E-state index in [0.29, 0.717) is 39.4 Å². The lowest BCUT2D eigenvalue weighted by molar-refractivity contribution is -0.134. The number of nitrogens with two attached hydrogens (primary N) is 1. The third kappa shape index (κ3) is 11.6. The van der Waals surface area contributed by atoms with E-state index in [9.17, 15) is 18.0 Å². The number of anilines is 4. The van der Waals surface area contributed by atoms with Crippen LogP contribution < -0.4 is 31.7 Å². The fourth-order valence-electron chi connectivity index (χ4n) is 4.15. The van der Waals surface area contributed by atoms with E-state index in [4.69, 9.17) is 21.0 Å². The van der Waals surface area contributed by atoms with Gasteiger partial charge in [-0.05, 0) is 85.8 Å². The van der Waals surface area contributed by atoms with Crippen molar-refractivity contribution in [2.75, 3.05) is 28.3 Å². The number of para-hydroxylation sites is 2. The highest BCUT2D eigenvalue weighted by Crippen LogP contribution is 2.27. The number of sulfonamides is 1. The molecule has 0 saturated carbocycles. The molecule has 0 aliphatic heterocycles. The molecule has 246 valence electrons. The number of aliphatic carboxylic acids is 1. The maximum atomic E-state index is 12.8. The molecule has 4 aromatic carbocycles. The number of carbonyl (C=O) groups excluding carboxylic acids is 2. The van der Waals surface area contributed by atoms with Gasteiger partial charge in [0.15, 0.2) is 0 Å². The monoisotopic (exact) mass is 659 g/mol. The van der Waals surface area contributed by atoms with Gasteiger partial charge >= 0.3 is 6.03 Å². The molecule has 1 atom stereocenters. The van der Waals surface area contributed by atoms with E-state index < -0.39 is 22.0 Å². The van der Waals surface area contributed by atoms with Crippen molar-refractivity contribution in [1.29, 1.82) is 5.41 Å².